The van der Waals surface area contributed by atoms with Crippen molar-refractivity contribution >= 4 is 46.1 Å². The number of nitrogens with one attached hydrogen (secondary N) is 1. The van der Waals surface area contributed by atoms with Crippen molar-refractivity contribution in [2.24, 2.45) is 0 Å². The maximum absolute atomic E-state index is 12.4. The number of anilines is 1. The average Bonchev–Trinajstić information content (AvgIpc) is 3.20. The fourth-order valence-corrected chi connectivity index (χ4v) is 3.88. The number of benzene rings is 3. The molecule has 0 atom stereocenters. The van der Waals surface area contributed by atoms with E-state index in [1.807, 2.05) is 41.8 Å². The van der Waals surface area contributed by atoms with Crippen LogP contribution in [0.3, 0.4) is 0 Å². The van der Waals surface area contributed by atoms with E-state index in [1.54, 1.807) is 47.7 Å². The SMILES string of the molecule is O=C(Nc1ccc(Cl)cc1)c1ccc(-c2nc(-c3ccccc3Cl)cs2)cc1. The molecule has 0 bridgehead atoms. The van der Waals surface area contributed by atoms with E-state index in [-0.39, 0.29) is 5.91 Å². The molecule has 0 saturated carbocycles. The average molecular weight is 425 g/mol. The summed E-state index contributed by atoms with van der Waals surface area (Å²) in [6.45, 7) is 0. The minimum absolute atomic E-state index is 0.176. The highest BCUT2D eigenvalue weighted by molar-refractivity contribution is 7.13. The number of hydrogen-bond donors (Lipinski definition) is 1. The second-order valence-corrected chi connectivity index (χ2v) is 7.76. The Hall–Kier alpha value is -2.66. The third-order valence-electron chi connectivity index (χ3n) is 4.15. The van der Waals surface area contributed by atoms with Crippen LogP contribution in [-0.2, 0) is 0 Å². The lowest BCUT2D eigenvalue weighted by Gasteiger charge is -2.06. The van der Waals surface area contributed by atoms with E-state index in [0.717, 1.165) is 21.8 Å². The quantitative estimate of drug-likeness (QED) is 0.381. The summed E-state index contributed by atoms with van der Waals surface area (Å²) in [5.41, 5.74) is 3.97. The van der Waals surface area contributed by atoms with Gasteiger partial charge in [0.2, 0.25) is 0 Å². The fourth-order valence-electron chi connectivity index (χ4n) is 2.70. The Morgan fingerprint density at radius 3 is 2.32 bits per heavy atom. The summed E-state index contributed by atoms with van der Waals surface area (Å²) >= 11 is 13.7. The number of carbonyl (C=O) groups is 1. The molecule has 1 heterocycles. The molecule has 1 N–H and O–H groups in total. The molecule has 0 radical (unpaired) electrons. The molecule has 3 aromatic carbocycles. The van der Waals surface area contributed by atoms with Gasteiger partial charge in [-0.05, 0) is 42.5 Å². The number of carbonyl (C=O) groups excluding carboxylic acids is 1. The minimum atomic E-state index is -0.176. The third-order valence-corrected chi connectivity index (χ3v) is 5.62. The zero-order chi connectivity index (χ0) is 19.5. The molecule has 1 amide bonds. The molecule has 0 fully saturated rings. The van der Waals surface area contributed by atoms with Gasteiger partial charge in [0, 0.05) is 37.8 Å². The Balaban J connectivity index is 1.51. The second-order valence-electron chi connectivity index (χ2n) is 6.06. The van der Waals surface area contributed by atoms with E-state index in [1.165, 1.54) is 0 Å². The summed E-state index contributed by atoms with van der Waals surface area (Å²) in [6.07, 6.45) is 0. The summed E-state index contributed by atoms with van der Waals surface area (Å²) in [6, 6.07) is 22.0. The molecule has 0 unspecified atom stereocenters. The van der Waals surface area contributed by atoms with Crippen molar-refractivity contribution in [3.63, 3.8) is 0 Å². The van der Waals surface area contributed by atoms with Crippen LogP contribution in [0.2, 0.25) is 10.0 Å². The summed E-state index contributed by atoms with van der Waals surface area (Å²) in [4.78, 5) is 17.1. The first-order chi connectivity index (χ1) is 13.6. The van der Waals surface area contributed by atoms with Crippen LogP contribution >= 0.6 is 34.5 Å². The molecular formula is C22H14Cl2N2OS. The van der Waals surface area contributed by atoms with Crippen LogP contribution in [-0.4, -0.2) is 10.9 Å². The van der Waals surface area contributed by atoms with E-state index in [2.05, 4.69) is 10.3 Å². The highest BCUT2D eigenvalue weighted by Crippen LogP contribution is 2.32. The predicted molar refractivity (Wildman–Crippen MR) is 117 cm³/mol. The molecule has 28 heavy (non-hydrogen) atoms. The topological polar surface area (TPSA) is 42.0 Å². The number of rotatable bonds is 4. The molecule has 4 rings (SSSR count). The molecule has 0 saturated heterocycles. The van der Waals surface area contributed by atoms with Crippen LogP contribution in [0.4, 0.5) is 5.69 Å². The van der Waals surface area contributed by atoms with Gasteiger partial charge in [-0.1, -0.05) is 53.5 Å². The van der Waals surface area contributed by atoms with Crippen molar-refractivity contribution in [1.29, 1.82) is 0 Å². The lowest BCUT2D eigenvalue weighted by Crippen LogP contribution is -2.11. The minimum Gasteiger partial charge on any atom is -0.322 e. The van der Waals surface area contributed by atoms with Gasteiger partial charge in [0.05, 0.1) is 5.69 Å². The Morgan fingerprint density at radius 2 is 1.61 bits per heavy atom. The molecule has 0 aliphatic carbocycles. The molecule has 138 valence electrons. The van der Waals surface area contributed by atoms with Crippen LogP contribution in [0.15, 0.2) is 78.2 Å². The lowest BCUT2D eigenvalue weighted by molar-refractivity contribution is 0.102. The van der Waals surface area contributed by atoms with Gasteiger partial charge < -0.3 is 5.32 Å². The smallest absolute Gasteiger partial charge is 0.255 e. The van der Waals surface area contributed by atoms with Gasteiger partial charge in [-0.25, -0.2) is 4.98 Å². The van der Waals surface area contributed by atoms with Gasteiger partial charge in [-0.3, -0.25) is 4.79 Å². The van der Waals surface area contributed by atoms with Crippen molar-refractivity contribution in [3.05, 3.63) is 93.8 Å². The van der Waals surface area contributed by atoms with Gasteiger partial charge in [0.25, 0.3) is 5.91 Å². The maximum atomic E-state index is 12.4. The van der Waals surface area contributed by atoms with Crippen molar-refractivity contribution in [1.82, 2.24) is 4.98 Å². The van der Waals surface area contributed by atoms with Crippen LogP contribution in [0, 0.1) is 0 Å². The van der Waals surface area contributed by atoms with E-state index in [4.69, 9.17) is 23.2 Å². The van der Waals surface area contributed by atoms with Crippen molar-refractivity contribution in [2.45, 2.75) is 0 Å². The fraction of sp³-hybridized carbons (Fsp3) is 0. The summed E-state index contributed by atoms with van der Waals surface area (Å²) < 4.78 is 0. The number of amides is 1. The van der Waals surface area contributed by atoms with Gasteiger partial charge >= 0.3 is 0 Å². The Bertz CT molecular complexity index is 1120. The Kier molecular flexibility index (Phi) is 5.44. The summed E-state index contributed by atoms with van der Waals surface area (Å²) in [7, 11) is 0. The zero-order valence-electron chi connectivity index (χ0n) is 14.5. The van der Waals surface area contributed by atoms with Crippen molar-refractivity contribution in [3.8, 4) is 21.8 Å². The molecule has 1 aromatic heterocycles. The molecule has 4 aromatic rings. The maximum Gasteiger partial charge on any atom is 0.255 e. The molecule has 0 aliphatic rings. The molecule has 0 aliphatic heterocycles. The van der Waals surface area contributed by atoms with Gasteiger partial charge in [-0.2, -0.15) is 0 Å². The van der Waals surface area contributed by atoms with Crippen molar-refractivity contribution in [2.75, 3.05) is 5.32 Å². The van der Waals surface area contributed by atoms with Crippen LogP contribution in [0.25, 0.3) is 21.8 Å². The highest BCUT2D eigenvalue weighted by atomic mass is 35.5. The number of aromatic nitrogens is 1. The summed E-state index contributed by atoms with van der Waals surface area (Å²) in [5.74, 6) is -0.176. The van der Waals surface area contributed by atoms with E-state index < -0.39 is 0 Å². The second kappa shape index (κ2) is 8.15. The summed E-state index contributed by atoms with van der Waals surface area (Å²) in [5, 5.41) is 7.01. The number of thiazole rings is 1. The largest absolute Gasteiger partial charge is 0.322 e. The van der Waals surface area contributed by atoms with E-state index >= 15 is 0 Å². The van der Waals surface area contributed by atoms with Crippen LogP contribution < -0.4 is 5.32 Å². The van der Waals surface area contributed by atoms with Gasteiger partial charge in [-0.15, -0.1) is 11.3 Å². The Morgan fingerprint density at radius 1 is 0.893 bits per heavy atom. The number of hydrogen-bond acceptors (Lipinski definition) is 3. The van der Waals surface area contributed by atoms with Gasteiger partial charge in [0.1, 0.15) is 5.01 Å². The normalized spacial score (nSPS) is 10.6. The lowest BCUT2D eigenvalue weighted by atomic mass is 10.1. The first-order valence-electron chi connectivity index (χ1n) is 8.48. The van der Waals surface area contributed by atoms with E-state index in [0.29, 0.717) is 21.3 Å². The third kappa shape index (κ3) is 4.09. The predicted octanol–water partition coefficient (Wildman–Crippen LogP) is 7.04. The number of halogens is 2. The highest BCUT2D eigenvalue weighted by Gasteiger charge is 2.11. The molecular weight excluding hydrogens is 411 g/mol. The number of nitrogens with zero attached hydrogens (tertiary/aromatic N) is 1. The monoisotopic (exact) mass is 424 g/mol. The van der Waals surface area contributed by atoms with Crippen LogP contribution in [0.1, 0.15) is 10.4 Å². The Labute approximate surface area is 176 Å². The first-order valence-corrected chi connectivity index (χ1v) is 10.1. The van der Waals surface area contributed by atoms with Crippen LogP contribution in [0.5, 0.6) is 0 Å². The zero-order valence-corrected chi connectivity index (χ0v) is 16.9. The molecule has 0 spiro atoms. The molecule has 6 heteroatoms. The molecule has 3 nitrogen and oxygen atoms in total. The standard InChI is InChI=1S/C22H14Cl2N2OS/c23-16-9-11-17(12-10-16)25-21(27)14-5-7-15(8-6-14)22-26-20(13-28-22)18-3-1-2-4-19(18)24/h1-13H,(H,25,27). The van der Waals surface area contributed by atoms with Gasteiger partial charge in [0.15, 0.2) is 0 Å². The first kappa shape index (κ1) is 18.7. The van der Waals surface area contributed by atoms with Crippen molar-refractivity contribution < 1.29 is 4.79 Å². The van der Waals surface area contributed by atoms with E-state index in [9.17, 15) is 4.79 Å².